The molecule has 2 rings (SSSR count). The molecule has 0 aliphatic rings. The third-order valence-electron chi connectivity index (χ3n) is 1.64. The number of aromatic nitrogens is 3. The summed E-state index contributed by atoms with van der Waals surface area (Å²) in [5, 5.41) is 17.1. The number of aryl methyl sites for hydroxylation is 1. The average Bonchev–Trinajstić information content (AvgIpc) is 2.31. The molecule has 4 nitrogen and oxygen atoms in total. The number of hydrogen-bond acceptors (Lipinski definition) is 3. The van der Waals surface area contributed by atoms with Crippen LogP contribution < -0.4 is 0 Å². The number of phenolic OH excluding ortho intramolecular Hbond substituents is 1. The second-order valence-corrected chi connectivity index (χ2v) is 3.42. The summed E-state index contributed by atoms with van der Waals surface area (Å²) in [5.74, 6) is 0.187. The summed E-state index contributed by atoms with van der Waals surface area (Å²) < 4.78 is 2.34. The van der Waals surface area contributed by atoms with E-state index in [2.05, 4.69) is 26.2 Å². The Hall–Kier alpha value is -1.10. The van der Waals surface area contributed by atoms with E-state index in [1.165, 1.54) is 4.68 Å². The van der Waals surface area contributed by atoms with Crippen LogP contribution in [0.25, 0.3) is 11.0 Å². The molecule has 1 heterocycles. The summed E-state index contributed by atoms with van der Waals surface area (Å²) in [5.41, 5.74) is 1.34. The van der Waals surface area contributed by atoms with Crippen LogP contribution in [-0.4, -0.2) is 20.1 Å². The molecule has 1 aromatic heterocycles. The number of nitrogens with zero attached hydrogens (tertiary/aromatic N) is 3. The van der Waals surface area contributed by atoms with Crippen molar-refractivity contribution in [2.24, 2.45) is 7.05 Å². The molecule has 2 aromatic rings. The standard InChI is InChI=1S/C7H6BrN3O/c1-11-7-5(9-10-11)2-4(8)3-6(7)12/h2-3,12H,1H3. The van der Waals surface area contributed by atoms with Gasteiger partial charge in [-0.3, -0.25) is 0 Å². The number of aromatic hydroxyl groups is 1. The maximum atomic E-state index is 9.49. The van der Waals surface area contributed by atoms with E-state index < -0.39 is 0 Å². The second-order valence-electron chi connectivity index (χ2n) is 2.51. The van der Waals surface area contributed by atoms with E-state index in [1.807, 2.05) is 6.07 Å². The van der Waals surface area contributed by atoms with Crippen LogP contribution in [0, 0.1) is 0 Å². The third kappa shape index (κ3) is 0.972. The van der Waals surface area contributed by atoms with Gasteiger partial charge in [0.1, 0.15) is 16.8 Å². The lowest BCUT2D eigenvalue weighted by Gasteiger charge is -1.96. The molecule has 0 spiro atoms. The van der Waals surface area contributed by atoms with Gasteiger partial charge < -0.3 is 5.11 Å². The highest BCUT2D eigenvalue weighted by Gasteiger charge is 2.06. The second kappa shape index (κ2) is 2.45. The number of rotatable bonds is 0. The maximum absolute atomic E-state index is 9.49. The molecule has 0 atom stereocenters. The van der Waals surface area contributed by atoms with Gasteiger partial charge >= 0.3 is 0 Å². The molecule has 62 valence electrons. The van der Waals surface area contributed by atoms with E-state index in [9.17, 15) is 5.11 Å². The van der Waals surface area contributed by atoms with Crippen molar-refractivity contribution in [1.82, 2.24) is 15.0 Å². The normalized spacial score (nSPS) is 10.8. The Kier molecular flexibility index (Phi) is 1.54. The molecule has 12 heavy (non-hydrogen) atoms. The van der Waals surface area contributed by atoms with Gasteiger partial charge in [-0.25, -0.2) is 4.68 Å². The number of fused-ring (bicyclic) bond motifs is 1. The fraction of sp³-hybridized carbons (Fsp3) is 0.143. The van der Waals surface area contributed by atoms with Crippen LogP contribution in [0.3, 0.4) is 0 Å². The highest BCUT2D eigenvalue weighted by Crippen LogP contribution is 2.26. The van der Waals surface area contributed by atoms with Gasteiger partial charge in [0.15, 0.2) is 0 Å². The fourth-order valence-corrected chi connectivity index (χ4v) is 1.57. The minimum atomic E-state index is 0.187. The van der Waals surface area contributed by atoms with Crippen LogP contribution in [0.1, 0.15) is 0 Å². The zero-order chi connectivity index (χ0) is 8.72. The summed E-state index contributed by atoms with van der Waals surface area (Å²) in [7, 11) is 1.74. The molecule has 0 saturated heterocycles. The summed E-state index contributed by atoms with van der Waals surface area (Å²) in [6, 6.07) is 3.42. The van der Waals surface area contributed by atoms with Gasteiger partial charge in [0.2, 0.25) is 0 Å². The molecule has 0 unspecified atom stereocenters. The van der Waals surface area contributed by atoms with Crippen molar-refractivity contribution in [3.63, 3.8) is 0 Å². The molecular formula is C7H6BrN3O. The Morgan fingerprint density at radius 3 is 3.00 bits per heavy atom. The van der Waals surface area contributed by atoms with E-state index in [-0.39, 0.29) is 5.75 Å². The van der Waals surface area contributed by atoms with Crippen molar-refractivity contribution in [3.8, 4) is 5.75 Å². The van der Waals surface area contributed by atoms with Gasteiger partial charge in [0, 0.05) is 11.5 Å². The zero-order valence-electron chi connectivity index (χ0n) is 6.32. The molecule has 1 aromatic carbocycles. The topological polar surface area (TPSA) is 50.9 Å². The van der Waals surface area contributed by atoms with Crippen LogP contribution in [0.5, 0.6) is 5.75 Å². The van der Waals surface area contributed by atoms with Crippen LogP contribution in [0.15, 0.2) is 16.6 Å². The first-order valence-corrected chi connectivity index (χ1v) is 4.15. The predicted molar refractivity (Wildman–Crippen MR) is 47.9 cm³/mol. The van der Waals surface area contributed by atoms with Gasteiger partial charge in [-0.1, -0.05) is 21.1 Å². The number of hydrogen-bond donors (Lipinski definition) is 1. The van der Waals surface area contributed by atoms with Crippen LogP contribution >= 0.6 is 15.9 Å². The molecule has 0 saturated carbocycles. The summed E-state index contributed by atoms with van der Waals surface area (Å²) >= 11 is 3.26. The molecule has 0 bridgehead atoms. The summed E-state index contributed by atoms with van der Waals surface area (Å²) in [6.45, 7) is 0. The van der Waals surface area contributed by atoms with E-state index in [0.717, 1.165) is 4.47 Å². The molecule has 1 N–H and O–H groups in total. The minimum Gasteiger partial charge on any atom is -0.506 e. The van der Waals surface area contributed by atoms with Crippen molar-refractivity contribution in [2.75, 3.05) is 0 Å². The van der Waals surface area contributed by atoms with Crippen LogP contribution in [0.4, 0.5) is 0 Å². The Labute approximate surface area is 76.9 Å². The SMILES string of the molecule is Cn1nnc2cc(Br)cc(O)c21. The smallest absolute Gasteiger partial charge is 0.144 e. The first-order chi connectivity index (χ1) is 5.68. The molecule has 0 radical (unpaired) electrons. The highest BCUT2D eigenvalue weighted by atomic mass is 79.9. The first-order valence-electron chi connectivity index (χ1n) is 3.36. The van der Waals surface area contributed by atoms with Crippen molar-refractivity contribution < 1.29 is 5.11 Å². The number of benzene rings is 1. The summed E-state index contributed by atoms with van der Waals surface area (Å²) in [4.78, 5) is 0. The largest absolute Gasteiger partial charge is 0.506 e. The van der Waals surface area contributed by atoms with Crippen molar-refractivity contribution >= 4 is 27.0 Å². The van der Waals surface area contributed by atoms with Crippen molar-refractivity contribution in [1.29, 1.82) is 0 Å². The van der Waals surface area contributed by atoms with Gasteiger partial charge in [0.25, 0.3) is 0 Å². The van der Waals surface area contributed by atoms with Crippen LogP contribution in [-0.2, 0) is 7.05 Å². The first kappa shape index (κ1) is 7.54. The zero-order valence-corrected chi connectivity index (χ0v) is 7.91. The summed E-state index contributed by atoms with van der Waals surface area (Å²) in [6.07, 6.45) is 0. The molecule has 0 fully saturated rings. The third-order valence-corrected chi connectivity index (χ3v) is 2.10. The van der Waals surface area contributed by atoms with Crippen molar-refractivity contribution in [2.45, 2.75) is 0 Å². The Balaban J connectivity index is 2.93. The number of phenols is 1. The molecule has 5 heteroatoms. The molecule has 0 aliphatic carbocycles. The molecule has 0 amide bonds. The highest BCUT2D eigenvalue weighted by molar-refractivity contribution is 9.10. The monoisotopic (exact) mass is 227 g/mol. The average molecular weight is 228 g/mol. The predicted octanol–water partition coefficient (Wildman–Crippen LogP) is 1.44. The molecule has 0 aliphatic heterocycles. The quantitative estimate of drug-likeness (QED) is 0.742. The lowest BCUT2D eigenvalue weighted by Crippen LogP contribution is -1.89. The van der Waals surface area contributed by atoms with Crippen molar-refractivity contribution in [3.05, 3.63) is 16.6 Å². The number of halogens is 1. The Morgan fingerprint density at radius 1 is 1.50 bits per heavy atom. The minimum absolute atomic E-state index is 0.187. The van der Waals surface area contributed by atoms with Crippen LogP contribution in [0.2, 0.25) is 0 Å². The Bertz CT molecular complexity index is 437. The maximum Gasteiger partial charge on any atom is 0.144 e. The van der Waals surface area contributed by atoms with E-state index >= 15 is 0 Å². The van der Waals surface area contributed by atoms with E-state index in [1.54, 1.807) is 13.1 Å². The lowest BCUT2D eigenvalue weighted by atomic mass is 10.3. The van der Waals surface area contributed by atoms with Gasteiger partial charge in [-0.05, 0) is 12.1 Å². The van der Waals surface area contributed by atoms with E-state index in [4.69, 9.17) is 0 Å². The van der Waals surface area contributed by atoms with Gasteiger partial charge in [-0.15, -0.1) is 5.10 Å². The van der Waals surface area contributed by atoms with E-state index in [0.29, 0.717) is 11.0 Å². The van der Waals surface area contributed by atoms with Gasteiger partial charge in [-0.2, -0.15) is 0 Å². The molecular weight excluding hydrogens is 222 g/mol. The Morgan fingerprint density at radius 2 is 2.25 bits per heavy atom. The fourth-order valence-electron chi connectivity index (χ4n) is 1.14. The van der Waals surface area contributed by atoms with Gasteiger partial charge in [0.05, 0.1) is 0 Å². The lowest BCUT2D eigenvalue weighted by molar-refractivity contribution is 0.477.